The van der Waals surface area contributed by atoms with Crippen LogP contribution in [0.5, 0.6) is 0 Å². The number of nitrogens with one attached hydrogen (secondary N) is 2. The molecule has 0 saturated heterocycles. The molecule has 4 nitrogen and oxygen atoms in total. The zero-order valence-corrected chi connectivity index (χ0v) is 12.3. The molecule has 0 aromatic carbocycles. The van der Waals surface area contributed by atoms with Crippen molar-refractivity contribution in [2.24, 2.45) is 0 Å². The Labute approximate surface area is 118 Å². The number of pyridine rings is 1. The molecular weight excluding hydrogens is 258 g/mol. The second-order valence-corrected chi connectivity index (χ2v) is 6.15. The molecule has 1 rings (SSSR count). The van der Waals surface area contributed by atoms with Crippen molar-refractivity contribution in [3.8, 4) is 12.3 Å². The van der Waals surface area contributed by atoms with Gasteiger partial charge in [-0.15, -0.1) is 6.42 Å². The summed E-state index contributed by atoms with van der Waals surface area (Å²) in [5.74, 6) is 2.91. The summed E-state index contributed by atoms with van der Waals surface area (Å²) >= 11 is 1.79. The Morgan fingerprint density at radius 1 is 1.53 bits per heavy atom. The van der Waals surface area contributed by atoms with Gasteiger partial charge < -0.3 is 10.6 Å². The summed E-state index contributed by atoms with van der Waals surface area (Å²) in [5, 5.41) is 5.84. The quantitative estimate of drug-likeness (QED) is 0.781. The van der Waals surface area contributed by atoms with Gasteiger partial charge in [-0.2, -0.15) is 11.8 Å². The third-order valence-electron chi connectivity index (χ3n) is 2.62. The van der Waals surface area contributed by atoms with Gasteiger partial charge in [0.25, 0.3) is 5.91 Å². The molecule has 1 aromatic rings. The molecule has 0 unspecified atom stereocenters. The second kappa shape index (κ2) is 7.05. The summed E-state index contributed by atoms with van der Waals surface area (Å²) in [5.41, 5.74) is 0.505. The fraction of sp³-hybridized carbons (Fsp3) is 0.429. The SMILES string of the molecule is C#CCNC(=O)c1ccc(NCC(C)(C)SC)nc1. The number of anilines is 1. The van der Waals surface area contributed by atoms with Crippen molar-refractivity contribution < 1.29 is 4.79 Å². The fourth-order valence-corrected chi connectivity index (χ4v) is 1.46. The van der Waals surface area contributed by atoms with Gasteiger partial charge in [0.15, 0.2) is 0 Å². The van der Waals surface area contributed by atoms with Crippen LogP contribution in [0.3, 0.4) is 0 Å². The van der Waals surface area contributed by atoms with Crippen LogP contribution in [-0.4, -0.2) is 35.0 Å². The number of amides is 1. The molecule has 0 spiro atoms. The van der Waals surface area contributed by atoms with Gasteiger partial charge in [-0.25, -0.2) is 4.98 Å². The van der Waals surface area contributed by atoms with Crippen LogP contribution in [0.2, 0.25) is 0 Å². The van der Waals surface area contributed by atoms with Crippen LogP contribution in [0, 0.1) is 12.3 Å². The minimum absolute atomic E-state index is 0.143. The van der Waals surface area contributed by atoms with Gasteiger partial charge in [-0.3, -0.25) is 4.79 Å². The topological polar surface area (TPSA) is 54.0 Å². The molecule has 1 aromatic heterocycles. The lowest BCUT2D eigenvalue weighted by Crippen LogP contribution is -2.26. The molecule has 5 heteroatoms. The maximum atomic E-state index is 11.6. The van der Waals surface area contributed by atoms with Gasteiger partial charge in [-0.05, 0) is 32.2 Å². The summed E-state index contributed by atoms with van der Waals surface area (Å²) in [6.07, 6.45) is 8.70. The van der Waals surface area contributed by atoms with E-state index in [1.165, 1.54) is 0 Å². The van der Waals surface area contributed by atoms with Crippen molar-refractivity contribution in [1.82, 2.24) is 10.3 Å². The van der Waals surface area contributed by atoms with E-state index in [-0.39, 0.29) is 17.2 Å². The number of thioether (sulfide) groups is 1. The van der Waals surface area contributed by atoms with Gasteiger partial charge in [0.2, 0.25) is 0 Å². The lowest BCUT2D eigenvalue weighted by atomic mass is 10.2. The molecule has 1 heterocycles. The average Bonchev–Trinajstić information content (AvgIpc) is 2.43. The minimum atomic E-state index is -0.207. The summed E-state index contributed by atoms with van der Waals surface area (Å²) in [4.78, 5) is 15.8. The molecule has 19 heavy (non-hydrogen) atoms. The van der Waals surface area contributed by atoms with E-state index in [1.54, 1.807) is 30.1 Å². The first kappa shape index (κ1) is 15.4. The van der Waals surface area contributed by atoms with Gasteiger partial charge in [0.1, 0.15) is 5.82 Å². The monoisotopic (exact) mass is 277 g/mol. The maximum Gasteiger partial charge on any atom is 0.253 e. The second-order valence-electron chi connectivity index (χ2n) is 4.64. The Bertz CT molecular complexity index is 463. The third-order valence-corrected chi connectivity index (χ3v) is 3.87. The number of rotatable bonds is 6. The molecule has 0 radical (unpaired) electrons. The summed E-state index contributed by atoms with van der Waals surface area (Å²) in [6, 6.07) is 3.52. The predicted octanol–water partition coefficient (Wildman–Crippen LogP) is 2.00. The standard InChI is InChI=1S/C14H19N3OS/c1-5-8-15-13(18)11-6-7-12(16-9-11)17-10-14(2,3)19-4/h1,6-7,9H,8,10H2,2-4H3,(H,15,18)(H,16,17). The molecule has 0 aliphatic rings. The molecule has 0 saturated carbocycles. The van der Waals surface area contributed by atoms with Crippen LogP contribution >= 0.6 is 11.8 Å². The predicted molar refractivity (Wildman–Crippen MR) is 81.5 cm³/mol. The van der Waals surface area contributed by atoms with Gasteiger partial charge in [0, 0.05) is 17.5 Å². The number of terminal acetylenes is 1. The largest absolute Gasteiger partial charge is 0.369 e. The Kier molecular flexibility index (Phi) is 5.71. The Morgan fingerprint density at radius 3 is 2.79 bits per heavy atom. The molecule has 2 N–H and O–H groups in total. The Morgan fingerprint density at radius 2 is 2.26 bits per heavy atom. The molecule has 1 amide bonds. The molecular formula is C14H19N3OS. The van der Waals surface area contributed by atoms with Crippen LogP contribution in [0.1, 0.15) is 24.2 Å². The first-order valence-corrected chi connectivity index (χ1v) is 7.18. The first-order chi connectivity index (χ1) is 8.98. The van der Waals surface area contributed by atoms with Crippen molar-refractivity contribution >= 4 is 23.5 Å². The van der Waals surface area contributed by atoms with E-state index in [2.05, 4.69) is 41.6 Å². The summed E-state index contributed by atoms with van der Waals surface area (Å²) < 4.78 is 0.143. The van der Waals surface area contributed by atoms with Gasteiger partial charge in [-0.1, -0.05) is 5.92 Å². The number of aromatic nitrogens is 1. The molecule has 102 valence electrons. The van der Waals surface area contributed by atoms with E-state index in [0.717, 1.165) is 12.4 Å². The van der Waals surface area contributed by atoms with E-state index in [0.29, 0.717) is 5.56 Å². The Balaban J connectivity index is 2.57. The number of carbonyl (C=O) groups is 1. The maximum absolute atomic E-state index is 11.6. The Hall–Kier alpha value is -1.67. The average molecular weight is 277 g/mol. The van der Waals surface area contributed by atoms with Crippen LogP contribution in [0.15, 0.2) is 18.3 Å². The number of nitrogens with zero attached hydrogens (tertiary/aromatic N) is 1. The van der Waals surface area contributed by atoms with E-state index in [1.807, 2.05) is 0 Å². The molecule has 0 fully saturated rings. The summed E-state index contributed by atoms with van der Waals surface area (Å²) in [7, 11) is 0. The minimum Gasteiger partial charge on any atom is -0.369 e. The fourth-order valence-electron chi connectivity index (χ4n) is 1.24. The highest BCUT2D eigenvalue weighted by molar-refractivity contribution is 7.99. The van der Waals surface area contributed by atoms with E-state index in [9.17, 15) is 4.79 Å². The van der Waals surface area contributed by atoms with Crippen LogP contribution < -0.4 is 10.6 Å². The highest BCUT2D eigenvalue weighted by Crippen LogP contribution is 2.21. The first-order valence-electron chi connectivity index (χ1n) is 5.95. The van der Waals surface area contributed by atoms with Crippen LogP contribution in [-0.2, 0) is 0 Å². The zero-order chi connectivity index (χ0) is 14.3. The number of hydrogen-bond acceptors (Lipinski definition) is 4. The van der Waals surface area contributed by atoms with Crippen molar-refractivity contribution in [3.05, 3.63) is 23.9 Å². The van der Waals surface area contributed by atoms with Crippen molar-refractivity contribution in [1.29, 1.82) is 0 Å². The molecule has 0 bridgehead atoms. The van der Waals surface area contributed by atoms with Crippen molar-refractivity contribution in [2.45, 2.75) is 18.6 Å². The van der Waals surface area contributed by atoms with Gasteiger partial charge in [0.05, 0.1) is 12.1 Å². The molecule has 0 atom stereocenters. The lowest BCUT2D eigenvalue weighted by Gasteiger charge is -2.22. The summed E-state index contributed by atoms with van der Waals surface area (Å²) in [6.45, 7) is 5.35. The zero-order valence-electron chi connectivity index (χ0n) is 11.5. The highest BCUT2D eigenvalue weighted by Gasteiger charge is 2.15. The highest BCUT2D eigenvalue weighted by atomic mass is 32.2. The number of carbonyl (C=O) groups excluding carboxylic acids is 1. The number of hydrogen-bond donors (Lipinski definition) is 2. The van der Waals surface area contributed by atoms with Crippen molar-refractivity contribution in [3.63, 3.8) is 0 Å². The smallest absolute Gasteiger partial charge is 0.253 e. The van der Waals surface area contributed by atoms with Crippen LogP contribution in [0.25, 0.3) is 0 Å². The van der Waals surface area contributed by atoms with E-state index >= 15 is 0 Å². The van der Waals surface area contributed by atoms with Gasteiger partial charge >= 0.3 is 0 Å². The molecule has 0 aliphatic heterocycles. The van der Waals surface area contributed by atoms with E-state index < -0.39 is 0 Å². The normalized spacial score (nSPS) is 10.6. The lowest BCUT2D eigenvalue weighted by molar-refractivity contribution is 0.0958. The van der Waals surface area contributed by atoms with Crippen molar-refractivity contribution in [2.75, 3.05) is 24.7 Å². The van der Waals surface area contributed by atoms with Crippen LogP contribution in [0.4, 0.5) is 5.82 Å². The molecule has 0 aliphatic carbocycles. The third kappa shape index (κ3) is 5.23. The van der Waals surface area contributed by atoms with E-state index in [4.69, 9.17) is 6.42 Å².